The molecule has 1 atom stereocenters. The molecule has 2 fully saturated rings. The van der Waals surface area contributed by atoms with Crippen LogP contribution in [0.5, 0.6) is 11.5 Å². The lowest BCUT2D eigenvalue weighted by Gasteiger charge is -2.33. The molecule has 0 radical (unpaired) electrons. The Kier molecular flexibility index (Phi) is 7.97. The zero-order chi connectivity index (χ0) is 22.2. The summed E-state index contributed by atoms with van der Waals surface area (Å²) in [6.45, 7) is 2.57. The molecule has 31 heavy (non-hydrogen) atoms. The number of amides is 3. The van der Waals surface area contributed by atoms with Gasteiger partial charge in [-0.2, -0.15) is 0 Å². The molecule has 3 amide bonds. The summed E-state index contributed by atoms with van der Waals surface area (Å²) in [5, 5.41) is 2.94. The van der Waals surface area contributed by atoms with E-state index in [2.05, 4.69) is 5.32 Å². The number of nitrogens with one attached hydrogen (secondary N) is 1. The van der Waals surface area contributed by atoms with Crippen LogP contribution in [-0.2, 0) is 20.9 Å². The number of nitrogens with zero attached hydrogens (tertiary/aromatic N) is 2. The van der Waals surface area contributed by atoms with Crippen LogP contribution in [0, 0.1) is 5.92 Å². The Labute approximate surface area is 182 Å². The van der Waals surface area contributed by atoms with E-state index in [1.54, 1.807) is 25.2 Å². The normalized spacial score (nSPS) is 18.5. The zero-order valence-corrected chi connectivity index (χ0v) is 18.2. The SMILES string of the molecule is COc1ccc(CNC(=O)CCC2CCCN(C(=O)CN3CCOC3=O)C2)c(OC)c1. The van der Waals surface area contributed by atoms with Crippen LogP contribution in [0.25, 0.3) is 0 Å². The van der Waals surface area contributed by atoms with Crippen LogP contribution >= 0.6 is 0 Å². The number of cyclic esters (lactones) is 1. The fourth-order valence-electron chi connectivity index (χ4n) is 3.98. The lowest BCUT2D eigenvalue weighted by Crippen LogP contribution is -2.45. The van der Waals surface area contributed by atoms with Gasteiger partial charge in [-0.25, -0.2) is 4.79 Å². The maximum Gasteiger partial charge on any atom is 0.410 e. The summed E-state index contributed by atoms with van der Waals surface area (Å²) in [5.41, 5.74) is 0.881. The molecule has 3 rings (SSSR count). The smallest absolute Gasteiger partial charge is 0.410 e. The summed E-state index contributed by atoms with van der Waals surface area (Å²) in [4.78, 5) is 39.7. The topological polar surface area (TPSA) is 97.4 Å². The van der Waals surface area contributed by atoms with Crippen molar-refractivity contribution in [3.8, 4) is 11.5 Å². The van der Waals surface area contributed by atoms with Gasteiger partial charge < -0.3 is 24.4 Å². The molecule has 9 nitrogen and oxygen atoms in total. The van der Waals surface area contributed by atoms with E-state index >= 15 is 0 Å². The van der Waals surface area contributed by atoms with Gasteiger partial charge in [0.05, 0.1) is 20.8 Å². The van der Waals surface area contributed by atoms with E-state index in [0.29, 0.717) is 50.7 Å². The van der Waals surface area contributed by atoms with E-state index in [1.807, 2.05) is 12.1 Å². The van der Waals surface area contributed by atoms with Gasteiger partial charge in [0.25, 0.3) is 0 Å². The minimum absolute atomic E-state index is 0.0267. The molecule has 0 bridgehead atoms. The van der Waals surface area contributed by atoms with Gasteiger partial charge in [0.1, 0.15) is 24.7 Å². The Bertz CT molecular complexity index is 799. The Balaban J connectivity index is 1.41. The summed E-state index contributed by atoms with van der Waals surface area (Å²) in [6, 6.07) is 5.50. The lowest BCUT2D eigenvalue weighted by atomic mass is 9.93. The van der Waals surface area contributed by atoms with E-state index in [0.717, 1.165) is 24.8 Å². The number of carbonyl (C=O) groups is 3. The minimum Gasteiger partial charge on any atom is -0.497 e. The molecule has 0 aliphatic carbocycles. The van der Waals surface area contributed by atoms with Gasteiger partial charge in [-0.05, 0) is 37.3 Å². The van der Waals surface area contributed by atoms with E-state index in [9.17, 15) is 14.4 Å². The molecular weight excluding hydrogens is 402 g/mol. The first-order chi connectivity index (χ1) is 15.0. The van der Waals surface area contributed by atoms with Gasteiger partial charge in [-0.3, -0.25) is 14.5 Å². The molecule has 0 spiro atoms. The predicted molar refractivity (Wildman–Crippen MR) is 113 cm³/mol. The van der Waals surface area contributed by atoms with Crippen molar-refractivity contribution in [2.75, 3.05) is 47.0 Å². The fourth-order valence-corrected chi connectivity index (χ4v) is 3.98. The number of ether oxygens (including phenoxy) is 3. The van der Waals surface area contributed by atoms with Gasteiger partial charge in [0, 0.05) is 37.7 Å². The number of benzene rings is 1. The second-order valence-corrected chi connectivity index (χ2v) is 7.88. The maximum atomic E-state index is 12.5. The monoisotopic (exact) mass is 433 g/mol. The predicted octanol–water partition coefficient (Wildman–Crippen LogP) is 1.79. The number of likely N-dealkylation sites (tertiary alicyclic amines) is 1. The molecule has 170 valence electrons. The first-order valence-corrected chi connectivity index (χ1v) is 10.7. The molecule has 0 aromatic heterocycles. The lowest BCUT2D eigenvalue weighted by molar-refractivity contribution is -0.133. The third kappa shape index (κ3) is 6.26. The standard InChI is InChI=1S/C22H31N3O6/c1-29-18-7-6-17(19(12-18)30-2)13-23-20(26)8-5-16-4-3-9-24(14-16)21(27)15-25-10-11-31-22(25)28/h6-7,12,16H,3-5,8-11,13-15H2,1-2H3,(H,23,26). The Morgan fingerprint density at radius 2 is 2.06 bits per heavy atom. The van der Waals surface area contributed by atoms with Gasteiger partial charge in [-0.15, -0.1) is 0 Å². The van der Waals surface area contributed by atoms with Crippen LogP contribution in [-0.4, -0.2) is 74.7 Å². The highest BCUT2D eigenvalue weighted by molar-refractivity contribution is 5.83. The summed E-state index contributed by atoms with van der Waals surface area (Å²) >= 11 is 0. The van der Waals surface area contributed by atoms with Crippen LogP contribution < -0.4 is 14.8 Å². The molecule has 2 aliphatic heterocycles. The summed E-state index contributed by atoms with van der Waals surface area (Å²) < 4.78 is 15.4. The van der Waals surface area contributed by atoms with Crippen molar-refractivity contribution in [2.24, 2.45) is 5.92 Å². The Hall–Kier alpha value is -2.97. The summed E-state index contributed by atoms with van der Waals surface area (Å²) in [5.74, 6) is 1.57. The molecular formula is C22H31N3O6. The van der Waals surface area contributed by atoms with Crippen LogP contribution in [0.15, 0.2) is 18.2 Å². The van der Waals surface area contributed by atoms with Crippen molar-refractivity contribution in [3.05, 3.63) is 23.8 Å². The van der Waals surface area contributed by atoms with E-state index in [-0.39, 0.29) is 24.3 Å². The van der Waals surface area contributed by atoms with E-state index in [4.69, 9.17) is 14.2 Å². The highest BCUT2D eigenvalue weighted by Gasteiger charge is 2.29. The largest absolute Gasteiger partial charge is 0.497 e. The molecule has 2 saturated heterocycles. The van der Waals surface area contributed by atoms with Gasteiger partial charge in [0.15, 0.2) is 0 Å². The molecule has 2 aliphatic rings. The maximum absolute atomic E-state index is 12.5. The van der Waals surface area contributed by atoms with Crippen LogP contribution in [0.4, 0.5) is 4.79 Å². The highest BCUT2D eigenvalue weighted by atomic mass is 16.6. The average molecular weight is 434 g/mol. The van der Waals surface area contributed by atoms with E-state index in [1.165, 1.54) is 4.90 Å². The number of piperidine rings is 1. The quantitative estimate of drug-likeness (QED) is 0.638. The average Bonchev–Trinajstić information content (AvgIpc) is 3.20. The Morgan fingerprint density at radius 3 is 2.77 bits per heavy atom. The minimum atomic E-state index is -0.424. The number of hydrogen-bond donors (Lipinski definition) is 1. The van der Waals surface area contributed by atoms with Crippen LogP contribution in [0.3, 0.4) is 0 Å². The second-order valence-electron chi connectivity index (χ2n) is 7.88. The van der Waals surface area contributed by atoms with Crippen molar-refractivity contribution < 1.29 is 28.6 Å². The van der Waals surface area contributed by atoms with Crippen molar-refractivity contribution in [1.82, 2.24) is 15.1 Å². The number of rotatable bonds is 9. The van der Waals surface area contributed by atoms with Crippen LogP contribution in [0.1, 0.15) is 31.2 Å². The molecule has 1 N–H and O–H groups in total. The second kappa shape index (κ2) is 10.9. The number of methoxy groups -OCH3 is 2. The molecule has 1 aromatic rings. The van der Waals surface area contributed by atoms with Crippen molar-refractivity contribution >= 4 is 17.9 Å². The molecule has 9 heteroatoms. The van der Waals surface area contributed by atoms with Crippen LogP contribution in [0.2, 0.25) is 0 Å². The van der Waals surface area contributed by atoms with Crippen molar-refractivity contribution in [2.45, 2.75) is 32.2 Å². The third-order valence-corrected chi connectivity index (χ3v) is 5.79. The molecule has 1 unspecified atom stereocenters. The first-order valence-electron chi connectivity index (χ1n) is 10.7. The first kappa shape index (κ1) is 22.7. The number of hydrogen-bond acceptors (Lipinski definition) is 6. The van der Waals surface area contributed by atoms with Gasteiger partial charge >= 0.3 is 6.09 Å². The number of carbonyl (C=O) groups excluding carboxylic acids is 3. The molecule has 0 saturated carbocycles. The molecule has 1 aromatic carbocycles. The van der Waals surface area contributed by atoms with Crippen molar-refractivity contribution in [3.63, 3.8) is 0 Å². The van der Waals surface area contributed by atoms with E-state index < -0.39 is 6.09 Å². The highest BCUT2D eigenvalue weighted by Crippen LogP contribution is 2.25. The molecule has 2 heterocycles. The van der Waals surface area contributed by atoms with Crippen molar-refractivity contribution in [1.29, 1.82) is 0 Å². The summed E-state index contributed by atoms with van der Waals surface area (Å²) in [6.07, 6.45) is 2.61. The van der Waals surface area contributed by atoms with Gasteiger partial charge in [0.2, 0.25) is 11.8 Å². The summed E-state index contributed by atoms with van der Waals surface area (Å²) in [7, 11) is 3.18. The zero-order valence-electron chi connectivity index (χ0n) is 18.2. The Morgan fingerprint density at radius 1 is 1.23 bits per heavy atom. The fraction of sp³-hybridized carbons (Fsp3) is 0.591. The third-order valence-electron chi connectivity index (χ3n) is 5.79. The van der Waals surface area contributed by atoms with Gasteiger partial charge in [-0.1, -0.05) is 0 Å².